The van der Waals surface area contributed by atoms with Crippen LogP contribution in [-0.4, -0.2) is 37.1 Å². The van der Waals surface area contributed by atoms with Crippen LogP contribution < -0.4 is 5.73 Å². The number of hydrogen-bond acceptors (Lipinski definition) is 8. The molecule has 12 heteroatoms. The predicted octanol–water partition coefficient (Wildman–Crippen LogP) is 2.98. The Balaban J connectivity index is 2.25. The number of allylic oxidation sites excluding steroid dienone is 2. The highest BCUT2D eigenvalue weighted by atomic mass is 32.2. The van der Waals surface area contributed by atoms with E-state index in [0.717, 1.165) is 23.8 Å². The monoisotopic (exact) mass is 439 g/mol. The van der Waals surface area contributed by atoms with Gasteiger partial charge in [0, 0.05) is 11.1 Å². The number of aromatic hydroxyl groups is 1. The van der Waals surface area contributed by atoms with E-state index in [1.165, 1.54) is 0 Å². The minimum absolute atomic E-state index is 0.103. The van der Waals surface area contributed by atoms with Gasteiger partial charge < -0.3 is 10.8 Å². The molecule has 2 aromatic rings. The lowest BCUT2D eigenvalue weighted by Crippen LogP contribution is -2.03. The molecule has 1 aliphatic rings. The summed E-state index contributed by atoms with van der Waals surface area (Å²) in [6, 6.07) is 2.31. The van der Waals surface area contributed by atoms with Crippen molar-refractivity contribution in [3.63, 3.8) is 0 Å². The fourth-order valence-electron chi connectivity index (χ4n) is 2.87. The Kier molecular flexibility index (Phi) is 5.21. The smallest absolute Gasteiger partial charge is 0.296 e. The van der Waals surface area contributed by atoms with Gasteiger partial charge in [-0.25, -0.2) is 0 Å². The average molecular weight is 439 g/mol. The summed E-state index contributed by atoms with van der Waals surface area (Å²) < 4.78 is 65.2. The van der Waals surface area contributed by atoms with Crippen molar-refractivity contribution in [1.29, 1.82) is 0 Å². The molecule has 1 atom stereocenters. The Morgan fingerprint density at radius 3 is 2.34 bits per heavy atom. The van der Waals surface area contributed by atoms with Crippen molar-refractivity contribution >= 4 is 42.4 Å². The molecule has 1 unspecified atom stereocenters. The normalized spacial score (nSPS) is 17.8. The van der Waals surface area contributed by atoms with Gasteiger partial charge in [0.25, 0.3) is 20.2 Å². The van der Waals surface area contributed by atoms with Crippen LogP contribution in [-0.2, 0) is 20.2 Å². The first-order valence-electron chi connectivity index (χ1n) is 8.18. The number of hydrogen-bond donors (Lipinski definition) is 4. The van der Waals surface area contributed by atoms with Crippen LogP contribution in [0.25, 0.3) is 10.8 Å². The number of anilines is 1. The molecule has 3 rings (SSSR count). The van der Waals surface area contributed by atoms with Crippen LogP contribution in [0.5, 0.6) is 5.75 Å². The van der Waals surface area contributed by atoms with Crippen molar-refractivity contribution in [3.05, 3.63) is 42.0 Å². The number of phenols is 1. The van der Waals surface area contributed by atoms with Crippen LogP contribution in [0.3, 0.4) is 0 Å². The average Bonchev–Trinajstić information content (AvgIpc) is 2.60. The van der Waals surface area contributed by atoms with Gasteiger partial charge >= 0.3 is 0 Å². The van der Waals surface area contributed by atoms with Gasteiger partial charge in [-0.05, 0) is 36.9 Å². The molecule has 0 amide bonds. The number of rotatable bonds is 4. The summed E-state index contributed by atoms with van der Waals surface area (Å²) in [5, 5.41) is 18.2. The fraction of sp³-hybridized carbons (Fsp3) is 0.176. The Hall–Kier alpha value is -2.80. The van der Waals surface area contributed by atoms with E-state index in [0.29, 0.717) is 6.42 Å². The first kappa shape index (κ1) is 20.9. The van der Waals surface area contributed by atoms with Gasteiger partial charge in [-0.15, -0.1) is 5.11 Å². The van der Waals surface area contributed by atoms with Gasteiger partial charge in [-0.3, -0.25) is 9.11 Å². The number of benzene rings is 2. The van der Waals surface area contributed by atoms with Crippen LogP contribution in [0.1, 0.15) is 13.3 Å². The molecular weight excluding hydrogens is 422 g/mol. The van der Waals surface area contributed by atoms with E-state index in [4.69, 9.17) is 5.73 Å². The first-order valence-corrected chi connectivity index (χ1v) is 11.1. The molecule has 10 nitrogen and oxygen atoms in total. The highest BCUT2D eigenvalue weighted by Crippen LogP contribution is 2.44. The van der Waals surface area contributed by atoms with Crippen molar-refractivity contribution in [2.45, 2.75) is 29.2 Å². The number of azo groups is 1. The van der Waals surface area contributed by atoms with Gasteiger partial charge in [-0.2, -0.15) is 21.9 Å². The van der Waals surface area contributed by atoms with Crippen LogP contribution in [0.4, 0.5) is 11.4 Å². The third-order valence-electron chi connectivity index (χ3n) is 4.30. The van der Waals surface area contributed by atoms with E-state index in [1.807, 2.05) is 19.1 Å². The summed E-state index contributed by atoms with van der Waals surface area (Å²) in [5.41, 5.74) is 6.05. The van der Waals surface area contributed by atoms with Crippen molar-refractivity contribution in [2.75, 3.05) is 5.73 Å². The summed E-state index contributed by atoms with van der Waals surface area (Å²) in [4.78, 5) is -1.39. The van der Waals surface area contributed by atoms with Gasteiger partial charge in [0.2, 0.25) is 0 Å². The first-order chi connectivity index (χ1) is 13.4. The third kappa shape index (κ3) is 4.29. The summed E-state index contributed by atoms with van der Waals surface area (Å²) in [6.45, 7) is 1.90. The lowest BCUT2D eigenvalue weighted by molar-refractivity contribution is 0.471. The molecule has 0 aromatic heterocycles. The number of fused-ring (bicyclic) bond motifs is 1. The molecule has 0 aliphatic heterocycles. The molecule has 1 aliphatic carbocycles. The molecular formula is C17H17N3O7S2. The van der Waals surface area contributed by atoms with E-state index < -0.39 is 47.5 Å². The summed E-state index contributed by atoms with van der Waals surface area (Å²) >= 11 is 0. The highest BCUT2D eigenvalue weighted by molar-refractivity contribution is 7.86. The van der Waals surface area contributed by atoms with E-state index in [2.05, 4.69) is 10.2 Å². The zero-order valence-corrected chi connectivity index (χ0v) is 16.6. The minimum Gasteiger partial charge on any atom is -0.505 e. The maximum Gasteiger partial charge on any atom is 0.296 e. The van der Waals surface area contributed by atoms with Crippen molar-refractivity contribution in [1.82, 2.24) is 0 Å². The minimum atomic E-state index is -4.87. The zero-order valence-electron chi connectivity index (χ0n) is 15.0. The van der Waals surface area contributed by atoms with E-state index in [-0.39, 0.29) is 16.5 Å². The van der Waals surface area contributed by atoms with Crippen molar-refractivity contribution < 1.29 is 31.0 Å². The van der Waals surface area contributed by atoms with Crippen molar-refractivity contribution in [2.24, 2.45) is 10.2 Å². The standard InChI is InChI=1S/C17H17N3O7S2/c1-9-2-4-11(5-3-9)19-20-16-14(29(25,26)27)7-10-6-12(28(22,23)24)8-13(18)15(10)17(16)21/h2-4,6-8,11,21H,5,18H2,1H3,(H,22,23,24)(H,25,26,27). The van der Waals surface area contributed by atoms with Gasteiger partial charge in [0.15, 0.2) is 5.75 Å². The number of phenolic OH excluding ortho intramolecular Hbond substituents is 1. The molecule has 0 spiro atoms. The SMILES string of the molecule is CC1=CCC(N=Nc2c(S(=O)(=O)O)cc3cc(S(=O)(=O)O)cc(N)c3c2O)C=C1. The van der Waals surface area contributed by atoms with Crippen molar-refractivity contribution in [3.8, 4) is 5.75 Å². The molecule has 154 valence electrons. The predicted molar refractivity (Wildman–Crippen MR) is 105 cm³/mol. The lowest BCUT2D eigenvalue weighted by Gasteiger charge is -2.13. The molecule has 0 bridgehead atoms. The Labute approximate surface area is 166 Å². The molecule has 0 heterocycles. The van der Waals surface area contributed by atoms with Crippen LogP contribution >= 0.6 is 0 Å². The topological polar surface area (TPSA) is 180 Å². The van der Waals surface area contributed by atoms with E-state index in [9.17, 15) is 31.0 Å². The van der Waals surface area contributed by atoms with E-state index >= 15 is 0 Å². The molecule has 0 fully saturated rings. The second-order valence-electron chi connectivity index (χ2n) is 6.46. The van der Waals surface area contributed by atoms with Gasteiger partial charge in [0.1, 0.15) is 10.6 Å². The Bertz CT molecular complexity index is 1310. The van der Waals surface area contributed by atoms with Gasteiger partial charge in [0.05, 0.1) is 10.9 Å². The molecule has 2 aromatic carbocycles. The molecule has 5 N–H and O–H groups in total. The van der Waals surface area contributed by atoms with Gasteiger partial charge in [-0.1, -0.05) is 23.8 Å². The number of nitrogen functional groups attached to an aromatic ring is 1. The molecule has 0 saturated heterocycles. The number of nitrogens with zero attached hydrogens (tertiary/aromatic N) is 2. The molecule has 0 saturated carbocycles. The molecule has 29 heavy (non-hydrogen) atoms. The molecule has 0 radical (unpaired) electrons. The second kappa shape index (κ2) is 7.22. The highest BCUT2D eigenvalue weighted by Gasteiger charge is 2.25. The largest absolute Gasteiger partial charge is 0.505 e. The lowest BCUT2D eigenvalue weighted by atomic mass is 10.1. The van der Waals surface area contributed by atoms with Crippen LogP contribution in [0, 0.1) is 0 Å². The Morgan fingerprint density at radius 1 is 1.10 bits per heavy atom. The maximum atomic E-state index is 11.8. The fourth-order valence-corrected chi connectivity index (χ4v) is 4.08. The summed E-state index contributed by atoms with van der Waals surface area (Å²) in [5.74, 6) is -0.704. The summed E-state index contributed by atoms with van der Waals surface area (Å²) in [7, 11) is -9.51. The maximum absolute atomic E-state index is 11.8. The van der Waals surface area contributed by atoms with Crippen LogP contribution in [0.15, 0.2) is 62.0 Å². The quantitative estimate of drug-likeness (QED) is 0.319. The second-order valence-corrected chi connectivity index (χ2v) is 9.27. The zero-order chi connectivity index (χ0) is 21.6. The summed E-state index contributed by atoms with van der Waals surface area (Å²) in [6.07, 6.45) is 5.98. The third-order valence-corrected chi connectivity index (χ3v) is 6.00. The Morgan fingerprint density at radius 2 is 1.79 bits per heavy atom. The number of nitrogens with two attached hydrogens (primary N) is 1. The van der Waals surface area contributed by atoms with E-state index in [1.54, 1.807) is 6.08 Å². The van der Waals surface area contributed by atoms with Crippen LogP contribution in [0.2, 0.25) is 0 Å².